The van der Waals surface area contributed by atoms with Crippen molar-refractivity contribution < 1.29 is 18.7 Å². The van der Waals surface area contributed by atoms with Gasteiger partial charge in [0.1, 0.15) is 11.9 Å². The number of nitrogens with one attached hydrogen (secondary N) is 1. The molecular formula is C22H26FN5O3. The van der Waals surface area contributed by atoms with Crippen molar-refractivity contribution in [2.75, 3.05) is 50.1 Å². The maximum atomic E-state index is 14.9. The van der Waals surface area contributed by atoms with Crippen molar-refractivity contribution in [3.05, 3.63) is 35.8 Å². The summed E-state index contributed by atoms with van der Waals surface area (Å²) >= 11 is 0. The normalized spacial score (nSPS) is 26.9. The van der Waals surface area contributed by atoms with Crippen LogP contribution < -0.4 is 15.1 Å². The molecule has 2 aliphatic heterocycles. The zero-order chi connectivity index (χ0) is 22.3. The van der Waals surface area contributed by atoms with Crippen LogP contribution in [0.3, 0.4) is 0 Å². The SMILES string of the molecule is CC(=O)NC[C@H]1CN(c2ccc(N3C[C@@H]4C(C(C#N)=CN(C)C)[C@@H]4C3)c(F)c2)C(=O)O1. The Hall–Kier alpha value is -3.28. The average molecular weight is 427 g/mol. The first kappa shape index (κ1) is 21.0. The van der Waals surface area contributed by atoms with Crippen molar-refractivity contribution in [3.8, 4) is 6.07 Å². The summed E-state index contributed by atoms with van der Waals surface area (Å²) in [6, 6.07) is 7.07. The molecule has 0 bridgehead atoms. The number of carbonyl (C=O) groups excluding carboxylic acids is 2. The van der Waals surface area contributed by atoms with Gasteiger partial charge in [-0.1, -0.05) is 0 Å². The lowest BCUT2D eigenvalue weighted by molar-refractivity contribution is -0.119. The number of allylic oxidation sites excluding steroid dienone is 1. The smallest absolute Gasteiger partial charge is 0.414 e. The number of ether oxygens (including phenoxy) is 1. The predicted octanol–water partition coefficient (Wildman–Crippen LogP) is 1.94. The lowest BCUT2D eigenvalue weighted by atomic mass is 10.1. The topological polar surface area (TPSA) is 88.9 Å². The lowest BCUT2D eigenvalue weighted by Gasteiger charge is -2.24. The largest absolute Gasteiger partial charge is 0.442 e. The Morgan fingerprint density at radius 3 is 2.65 bits per heavy atom. The molecule has 8 nitrogen and oxygen atoms in total. The highest BCUT2D eigenvalue weighted by molar-refractivity contribution is 5.90. The number of halogens is 1. The molecule has 2 amide bonds. The number of amides is 2. The van der Waals surface area contributed by atoms with Crippen LogP contribution in [0.15, 0.2) is 30.0 Å². The first-order valence-electron chi connectivity index (χ1n) is 10.3. The van der Waals surface area contributed by atoms with Crippen LogP contribution in [0, 0.1) is 34.9 Å². The van der Waals surface area contributed by atoms with Crippen molar-refractivity contribution in [2.45, 2.75) is 13.0 Å². The summed E-state index contributed by atoms with van der Waals surface area (Å²) in [5.74, 6) is 0.402. The van der Waals surface area contributed by atoms with E-state index in [0.29, 0.717) is 36.3 Å². The van der Waals surface area contributed by atoms with E-state index < -0.39 is 18.0 Å². The number of cyclic esters (lactones) is 1. The number of hydrogen-bond donors (Lipinski definition) is 1. The van der Waals surface area contributed by atoms with Crippen LogP contribution in [0.1, 0.15) is 6.92 Å². The quantitative estimate of drug-likeness (QED) is 0.698. The Morgan fingerprint density at radius 2 is 2.06 bits per heavy atom. The van der Waals surface area contributed by atoms with Crippen LogP contribution in [0.2, 0.25) is 0 Å². The summed E-state index contributed by atoms with van der Waals surface area (Å²) < 4.78 is 20.2. The van der Waals surface area contributed by atoms with Gasteiger partial charge < -0.3 is 19.9 Å². The van der Waals surface area contributed by atoms with Crippen molar-refractivity contribution in [2.24, 2.45) is 17.8 Å². The Kier molecular flexibility index (Phi) is 5.48. The van der Waals surface area contributed by atoms with Crippen LogP contribution in [-0.2, 0) is 9.53 Å². The molecule has 0 spiro atoms. The molecule has 0 radical (unpaired) electrons. The van der Waals surface area contributed by atoms with Gasteiger partial charge in [-0.15, -0.1) is 0 Å². The van der Waals surface area contributed by atoms with E-state index in [2.05, 4.69) is 11.4 Å². The van der Waals surface area contributed by atoms with Crippen molar-refractivity contribution >= 4 is 23.4 Å². The standard InChI is InChI=1S/C22H26FN5O3/c1-13(29)25-8-16-10-28(22(30)31-16)15-4-5-20(19(23)6-15)27-11-17-18(12-27)21(17)14(7-24)9-26(2)3/h4-6,9,16-18,21H,8,10-12H2,1-3H3,(H,25,29)/t16-,17-,18+,21?/m0/s1. The summed E-state index contributed by atoms with van der Waals surface area (Å²) in [5, 5.41) is 12.0. The molecule has 2 heterocycles. The van der Waals surface area contributed by atoms with Crippen molar-refractivity contribution in [1.82, 2.24) is 10.2 Å². The third-order valence-corrected chi connectivity index (χ3v) is 6.12. The number of piperidine rings is 1. The Labute approximate surface area is 180 Å². The van der Waals surface area contributed by atoms with E-state index in [0.717, 1.165) is 5.57 Å². The predicted molar refractivity (Wildman–Crippen MR) is 113 cm³/mol. The summed E-state index contributed by atoms with van der Waals surface area (Å²) in [7, 11) is 3.80. The van der Waals surface area contributed by atoms with Gasteiger partial charge in [0.15, 0.2) is 0 Å². The average Bonchev–Trinajstić information content (AvgIpc) is 3.03. The molecule has 1 aromatic rings. The highest BCUT2D eigenvalue weighted by Crippen LogP contribution is 2.56. The number of rotatable bonds is 6. The van der Waals surface area contributed by atoms with E-state index >= 15 is 0 Å². The third-order valence-electron chi connectivity index (χ3n) is 6.12. The Balaban J connectivity index is 1.39. The van der Waals surface area contributed by atoms with Crippen LogP contribution in [0.5, 0.6) is 0 Å². The first-order chi connectivity index (χ1) is 14.8. The highest BCUT2D eigenvalue weighted by atomic mass is 19.1. The van der Waals surface area contributed by atoms with Gasteiger partial charge in [-0.2, -0.15) is 5.26 Å². The minimum Gasteiger partial charge on any atom is -0.442 e. The van der Waals surface area contributed by atoms with Gasteiger partial charge in [0.05, 0.1) is 30.5 Å². The fourth-order valence-electron chi connectivity index (χ4n) is 4.67. The van der Waals surface area contributed by atoms with Crippen molar-refractivity contribution in [1.29, 1.82) is 5.26 Å². The van der Waals surface area contributed by atoms with Crippen LogP contribution in [0.4, 0.5) is 20.6 Å². The number of anilines is 2. The molecule has 164 valence electrons. The molecular weight excluding hydrogens is 401 g/mol. The van der Waals surface area contributed by atoms with Crippen LogP contribution in [0.25, 0.3) is 0 Å². The molecule has 4 rings (SSSR count). The second-order valence-corrected chi connectivity index (χ2v) is 8.61. The maximum Gasteiger partial charge on any atom is 0.414 e. The number of fused-ring (bicyclic) bond motifs is 1. The number of benzene rings is 1. The molecule has 3 aliphatic rings. The zero-order valence-corrected chi connectivity index (χ0v) is 17.8. The highest BCUT2D eigenvalue weighted by Gasteiger charge is 2.57. The molecule has 4 atom stereocenters. The minimum absolute atomic E-state index is 0.199. The number of hydrogen-bond acceptors (Lipinski definition) is 6. The molecule has 31 heavy (non-hydrogen) atoms. The van der Waals surface area contributed by atoms with E-state index in [1.807, 2.05) is 30.1 Å². The summed E-state index contributed by atoms with van der Waals surface area (Å²) in [6.07, 6.45) is 0.854. The van der Waals surface area contributed by atoms with E-state index in [9.17, 15) is 19.2 Å². The summed E-state index contributed by atoms with van der Waals surface area (Å²) in [4.78, 5) is 28.5. The van der Waals surface area contributed by atoms with Gasteiger partial charge in [-0.3, -0.25) is 9.69 Å². The Morgan fingerprint density at radius 1 is 1.35 bits per heavy atom. The van der Waals surface area contributed by atoms with Gasteiger partial charge in [0, 0.05) is 51.8 Å². The minimum atomic E-state index is -0.551. The molecule has 1 N–H and O–H groups in total. The number of nitrogens with zero attached hydrogens (tertiary/aromatic N) is 4. The van der Waals surface area contributed by atoms with Gasteiger partial charge >= 0.3 is 6.09 Å². The van der Waals surface area contributed by atoms with E-state index in [1.54, 1.807) is 12.1 Å². The Bertz CT molecular complexity index is 960. The molecule has 1 aliphatic carbocycles. The molecule has 3 fully saturated rings. The fourth-order valence-corrected chi connectivity index (χ4v) is 4.67. The van der Waals surface area contributed by atoms with Crippen LogP contribution in [-0.4, -0.2) is 63.3 Å². The molecule has 1 aromatic carbocycles. The van der Waals surface area contributed by atoms with E-state index in [-0.39, 0.29) is 24.9 Å². The van der Waals surface area contributed by atoms with Crippen molar-refractivity contribution in [3.63, 3.8) is 0 Å². The molecule has 1 unspecified atom stereocenters. The fraction of sp³-hybridized carbons (Fsp3) is 0.500. The molecule has 2 saturated heterocycles. The van der Waals surface area contributed by atoms with Gasteiger partial charge in [0.25, 0.3) is 0 Å². The van der Waals surface area contributed by atoms with Gasteiger partial charge in [-0.05, 0) is 30.0 Å². The summed E-state index contributed by atoms with van der Waals surface area (Å²) in [5.41, 5.74) is 1.73. The van der Waals surface area contributed by atoms with Crippen LogP contribution >= 0.6 is 0 Å². The van der Waals surface area contributed by atoms with Gasteiger partial charge in [-0.25, -0.2) is 9.18 Å². The number of carbonyl (C=O) groups is 2. The third kappa shape index (κ3) is 4.15. The second-order valence-electron chi connectivity index (χ2n) is 8.61. The lowest BCUT2D eigenvalue weighted by Crippen LogP contribution is -2.33. The van der Waals surface area contributed by atoms with Gasteiger partial charge in [0.2, 0.25) is 5.91 Å². The first-order valence-corrected chi connectivity index (χ1v) is 10.3. The van der Waals surface area contributed by atoms with E-state index in [4.69, 9.17) is 4.74 Å². The maximum absolute atomic E-state index is 14.9. The molecule has 9 heteroatoms. The number of nitriles is 1. The molecule has 0 aromatic heterocycles. The molecule has 1 saturated carbocycles. The second kappa shape index (κ2) is 8.10. The zero-order valence-electron chi connectivity index (χ0n) is 17.8. The monoisotopic (exact) mass is 427 g/mol. The van der Waals surface area contributed by atoms with E-state index in [1.165, 1.54) is 17.9 Å². The summed E-state index contributed by atoms with van der Waals surface area (Å²) in [6.45, 7) is 3.30.